The molecular formula is C14H14ClN3. The van der Waals surface area contributed by atoms with Gasteiger partial charge < -0.3 is 5.32 Å². The quantitative estimate of drug-likeness (QED) is 0.900. The lowest BCUT2D eigenvalue weighted by atomic mass is 10.1. The zero-order chi connectivity index (χ0) is 12.4. The molecule has 1 N–H and O–H groups in total. The Hall–Kier alpha value is -1.45. The van der Waals surface area contributed by atoms with Crippen molar-refractivity contribution in [3.05, 3.63) is 58.1 Å². The van der Waals surface area contributed by atoms with Gasteiger partial charge in [-0.15, -0.1) is 0 Å². The summed E-state index contributed by atoms with van der Waals surface area (Å²) in [5.41, 5.74) is 3.46. The van der Waals surface area contributed by atoms with Crippen molar-refractivity contribution >= 4 is 11.6 Å². The summed E-state index contributed by atoms with van der Waals surface area (Å²) in [6, 6.07) is 7.85. The van der Waals surface area contributed by atoms with Crippen molar-refractivity contribution in [2.45, 2.75) is 19.4 Å². The fourth-order valence-corrected chi connectivity index (χ4v) is 2.38. The first-order chi connectivity index (χ1) is 8.83. The van der Waals surface area contributed by atoms with Crippen molar-refractivity contribution in [1.82, 2.24) is 15.3 Å². The largest absolute Gasteiger partial charge is 0.312 e. The molecule has 1 aliphatic heterocycles. The highest BCUT2D eigenvalue weighted by molar-refractivity contribution is 6.31. The molecule has 0 radical (unpaired) electrons. The maximum atomic E-state index is 6.15. The van der Waals surface area contributed by atoms with Gasteiger partial charge in [0.05, 0.1) is 0 Å². The van der Waals surface area contributed by atoms with Crippen molar-refractivity contribution in [3.8, 4) is 0 Å². The van der Waals surface area contributed by atoms with Crippen LogP contribution < -0.4 is 5.32 Å². The molecule has 0 saturated carbocycles. The summed E-state index contributed by atoms with van der Waals surface area (Å²) in [5, 5.41) is 4.10. The average molecular weight is 260 g/mol. The lowest BCUT2D eigenvalue weighted by Gasteiger charge is -2.16. The van der Waals surface area contributed by atoms with Gasteiger partial charge in [0.25, 0.3) is 0 Å². The number of nitrogens with zero attached hydrogens (tertiary/aromatic N) is 2. The smallest absolute Gasteiger partial charge is 0.132 e. The van der Waals surface area contributed by atoms with Crippen LogP contribution in [-0.2, 0) is 19.4 Å². The van der Waals surface area contributed by atoms with Gasteiger partial charge in [0.1, 0.15) is 5.82 Å². The first-order valence-corrected chi connectivity index (χ1v) is 6.48. The van der Waals surface area contributed by atoms with E-state index in [-0.39, 0.29) is 0 Å². The molecule has 0 aliphatic carbocycles. The molecule has 2 aromatic rings. The van der Waals surface area contributed by atoms with E-state index in [0.29, 0.717) is 6.42 Å². The van der Waals surface area contributed by atoms with Gasteiger partial charge in [0.15, 0.2) is 0 Å². The van der Waals surface area contributed by atoms with Gasteiger partial charge in [-0.1, -0.05) is 29.8 Å². The summed E-state index contributed by atoms with van der Waals surface area (Å²) in [6.07, 6.45) is 3.61. The molecule has 18 heavy (non-hydrogen) atoms. The number of fused-ring (bicyclic) bond motifs is 1. The lowest BCUT2D eigenvalue weighted by Crippen LogP contribution is -2.25. The van der Waals surface area contributed by atoms with Gasteiger partial charge in [-0.2, -0.15) is 0 Å². The number of hydrogen-bond acceptors (Lipinski definition) is 3. The molecule has 0 bridgehead atoms. The molecule has 92 valence electrons. The fraction of sp³-hybridized carbons (Fsp3) is 0.286. The SMILES string of the molecule is Clc1ccccc1Cc1ncc2c(n1)CCNC2. The van der Waals surface area contributed by atoms with E-state index in [4.69, 9.17) is 11.6 Å². The summed E-state index contributed by atoms with van der Waals surface area (Å²) < 4.78 is 0. The summed E-state index contributed by atoms with van der Waals surface area (Å²) in [5.74, 6) is 0.851. The third kappa shape index (κ3) is 2.37. The summed E-state index contributed by atoms with van der Waals surface area (Å²) in [4.78, 5) is 9.06. The van der Waals surface area contributed by atoms with Crippen LogP contribution >= 0.6 is 11.6 Å². The molecule has 2 heterocycles. The second-order valence-electron chi connectivity index (χ2n) is 4.45. The topological polar surface area (TPSA) is 37.8 Å². The molecule has 1 aromatic carbocycles. The summed E-state index contributed by atoms with van der Waals surface area (Å²) >= 11 is 6.15. The highest BCUT2D eigenvalue weighted by Crippen LogP contribution is 2.18. The molecule has 0 spiro atoms. The Bertz CT molecular complexity index is 569. The predicted molar refractivity (Wildman–Crippen MR) is 71.7 cm³/mol. The van der Waals surface area contributed by atoms with Crippen LogP contribution in [-0.4, -0.2) is 16.5 Å². The van der Waals surface area contributed by atoms with Crippen LogP contribution in [0.15, 0.2) is 30.5 Å². The van der Waals surface area contributed by atoms with Crippen LogP contribution in [0.5, 0.6) is 0 Å². The standard InChI is InChI=1S/C14H14ClN3/c15-12-4-2-1-3-10(12)7-14-17-9-11-8-16-6-5-13(11)18-14/h1-4,9,16H,5-8H2. The van der Waals surface area contributed by atoms with Crippen LogP contribution in [0.2, 0.25) is 5.02 Å². The van der Waals surface area contributed by atoms with E-state index < -0.39 is 0 Å². The Morgan fingerprint density at radius 2 is 2.17 bits per heavy atom. The summed E-state index contributed by atoms with van der Waals surface area (Å²) in [6.45, 7) is 1.87. The zero-order valence-electron chi connectivity index (χ0n) is 9.99. The van der Waals surface area contributed by atoms with E-state index in [1.165, 1.54) is 11.3 Å². The molecule has 4 heteroatoms. The molecule has 3 nitrogen and oxygen atoms in total. The van der Waals surface area contributed by atoms with E-state index in [1.54, 1.807) is 0 Å². The van der Waals surface area contributed by atoms with Crippen molar-refractivity contribution in [3.63, 3.8) is 0 Å². The van der Waals surface area contributed by atoms with E-state index in [9.17, 15) is 0 Å². The van der Waals surface area contributed by atoms with Gasteiger partial charge in [0, 0.05) is 48.4 Å². The first kappa shape index (κ1) is 11.6. The molecule has 1 aliphatic rings. The number of rotatable bonds is 2. The Labute approximate surface area is 111 Å². The van der Waals surface area contributed by atoms with Crippen LogP contribution in [0, 0.1) is 0 Å². The number of benzene rings is 1. The fourth-order valence-electron chi connectivity index (χ4n) is 2.17. The van der Waals surface area contributed by atoms with E-state index in [0.717, 1.165) is 35.9 Å². The maximum absolute atomic E-state index is 6.15. The van der Waals surface area contributed by atoms with Crippen LogP contribution in [0.4, 0.5) is 0 Å². The normalized spacial score (nSPS) is 14.3. The first-order valence-electron chi connectivity index (χ1n) is 6.11. The third-order valence-electron chi connectivity index (χ3n) is 3.16. The van der Waals surface area contributed by atoms with Crippen molar-refractivity contribution in [2.75, 3.05) is 6.54 Å². The Balaban J connectivity index is 1.87. The van der Waals surface area contributed by atoms with Crippen LogP contribution in [0.25, 0.3) is 0 Å². The van der Waals surface area contributed by atoms with Crippen LogP contribution in [0.3, 0.4) is 0 Å². The Morgan fingerprint density at radius 3 is 3.06 bits per heavy atom. The number of halogens is 1. The molecule has 3 rings (SSSR count). The lowest BCUT2D eigenvalue weighted by molar-refractivity contribution is 0.621. The summed E-state index contributed by atoms with van der Waals surface area (Å²) in [7, 11) is 0. The van der Waals surface area contributed by atoms with Gasteiger partial charge in [-0.3, -0.25) is 0 Å². The van der Waals surface area contributed by atoms with Crippen LogP contribution in [0.1, 0.15) is 22.6 Å². The number of nitrogens with one attached hydrogen (secondary N) is 1. The highest BCUT2D eigenvalue weighted by Gasteiger charge is 2.12. The molecule has 0 fully saturated rings. The van der Waals surface area contributed by atoms with Gasteiger partial charge in [-0.25, -0.2) is 9.97 Å². The molecule has 1 aromatic heterocycles. The minimum absolute atomic E-state index is 0.695. The van der Waals surface area contributed by atoms with Gasteiger partial charge >= 0.3 is 0 Å². The van der Waals surface area contributed by atoms with Gasteiger partial charge in [0.2, 0.25) is 0 Å². The second-order valence-corrected chi connectivity index (χ2v) is 4.86. The van der Waals surface area contributed by atoms with Crippen molar-refractivity contribution in [1.29, 1.82) is 0 Å². The predicted octanol–water partition coefficient (Wildman–Crippen LogP) is 2.37. The highest BCUT2D eigenvalue weighted by atomic mass is 35.5. The Morgan fingerprint density at radius 1 is 1.28 bits per heavy atom. The third-order valence-corrected chi connectivity index (χ3v) is 3.53. The number of hydrogen-bond donors (Lipinski definition) is 1. The Kier molecular flexibility index (Phi) is 3.26. The zero-order valence-corrected chi connectivity index (χ0v) is 10.7. The molecular weight excluding hydrogens is 246 g/mol. The van der Waals surface area contributed by atoms with Crippen molar-refractivity contribution < 1.29 is 0 Å². The monoisotopic (exact) mass is 259 g/mol. The van der Waals surface area contributed by atoms with Gasteiger partial charge in [-0.05, 0) is 11.6 Å². The number of aromatic nitrogens is 2. The molecule has 0 saturated heterocycles. The van der Waals surface area contributed by atoms with Crippen molar-refractivity contribution in [2.24, 2.45) is 0 Å². The van der Waals surface area contributed by atoms with E-state index >= 15 is 0 Å². The minimum Gasteiger partial charge on any atom is -0.312 e. The van der Waals surface area contributed by atoms with E-state index in [2.05, 4.69) is 15.3 Å². The second kappa shape index (κ2) is 5.04. The average Bonchev–Trinajstić information content (AvgIpc) is 2.41. The molecule has 0 atom stereocenters. The maximum Gasteiger partial charge on any atom is 0.132 e. The van der Waals surface area contributed by atoms with E-state index in [1.807, 2.05) is 30.5 Å². The minimum atomic E-state index is 0.695. The molecule has 0 amide bonds. The molecule has 0 unspecified atom stereocenters.